The van der Waals surface area contributed by atoms with E-state index in [1.54, 1.807) is 49.6 Å². The molecule has 0 aliphatic carbocycles. The van der Waals surface area contributed by atoms with Gasteiger partial charge in [-0.3, -0.25) is 9.59 Å². The highest BCUT2D eigenvalue weighted by molar-refractivity contribution is 5.92. The van der Waals surface area contributed by atoms with E-state index in [2.05, 4.69) is 15.5 Å². The van der Waals surface area contributed by atoms with Crippen LogP contribution in [-0.4, -0.2) is 41.9 Å². The van der Waals surface area contributed by atoms with Crippen LogP contribution in [0.25, 0.3) is 22.8 Å². The molecule has 2 heterocycles. The van der Waals surface area contributed by atoms with Gasteiger partial charge < -0.3 is 28.6 Å². The summed E-state index contributed by atoms with van der Waals surface area (Å²) >= 11 is 0. The summed E-state index contributed by atoms with van der Waals surface area (Å²) in [4.78, 5) is 30.1. The van der Waals surface area contributed by atoms with E-state index in [4.69, 9.17) is 18.7 Å². The number of hydrogen-bond donors (Lipinski definition) is 1. The molecule has 0 saturated heterocycles. The van der Waals surface area contributed by atoms with Gasteiger partial charge in [0.05, 0.1) is 27.0 Å². The molecule has 0 saturated carbocycles. The zero-order valence-electron chi connectivity index (χ0n) is 19.7. The van der Waals surface area contributed by atoms with Crippen molar-refractivity contribution in [3.05, 3.63) is 70.6 Å². The number of ether oxygens (including phenoxy) is 3. The summed E-state index contributed by atoms with van der Waals surface area (Å²) in [5.41, 5.74) is 1.84. The summed E-state index contributed by atoms with van der Waals surface area (Å²) in [6, 6.07) is 13.8. The second-order valence-corrected chi connectivity index (χ2v) is 7.60. The van der Waals surface area contributed by atoms with Crippen LogP contribution < -0.4 is 25.1 Å². The first-order chi connectivity index (χ1) is 16.9. The summed E-state index contributed by atoms with van der Waals surface area (Å²) in [6.45, 7) is 1.70. The molecule has 10 heteroatoms. The van der Waals surface area contributed by atoms with E-state index in [0.717, 1.165) is 5.56 Å². The number of hydrogen-bond acceptors (Lipinski definition) is 8. The Morgan fingerprint density at radius 3 is 2.49 bits per heavy atom. The van der Waals surface area contributed by atoms with Crippen LogP contribution in [-0.2, 0) is 11.3 Å². The number of carbonyl (C=O) groups is 1. The second kappa shape index (κ2) is 10.1. The van der Waals surface area contributed by atoms with E-state index in [-0.39, 0.29) is 29.7 Å². The van der Waals surface area contributed by atoms with E-state index in [0.29, 0.717) is 28.5 Å². The van der Waals surface area contributed by atoms with Gasteiger partial charge in [0.25, 0.3) is 11.4 Å². The average molecular weight is 476 g/mol. The van der Waals surface area contributed by atoms with Gasteiger partial charge in [-0.2, -0.15) is 4.98 Å². The van der Waals surface area contributed by atoms with Crippen LogP contribution in [0, 0.1) is 6.92 Å². The molecule has 2 aromatic heterocycles. The van der Waals surface area contributed by atoms with Crippen LogP contribution in [0.4, 0.5) is 5.69 Å². The molecule has 1 amide bonds. The van der Waals surface area contributed by atoms with Gasteiger partial charge in [-0.15, -0.1) is 0 Å². The van der Waals surface area contributed by atoms with E-state index < -0.39 is 5.56 Å². The fourth-order valence-electron chi connectivity index (χ4n) is 3.51. The van der Waals surface area contributed by atoms with Crippen molar-refractivity contribution in [1.82, 2.24) is 14.7 Å². The van der Waals surface area contributed by atoms with Gasteiger partial charge in [0.1, 0.15) is 17.9 Å². The summed E-state index contributed by atoms with van der Waals surface area (Å²) < 4.78 is 22.5. The van der Waals surface area contributed by atoms with Gasteiger partial charge in [0, 0.05) is 11.8 Å². The van der Waals surface area contributed by atoms with Crippen molar-refractivity contribution in [3.63, 3.8) is 0 Å². The summed E-state index contributed by atoms with van der Waals surface area (Å²) in [5, 5.41) is 6.77. The van der Waals surface area contributed by atoms with Crippen LogP contribution in [0.15, 0.2) is 64.0 Å². The topological polar surface area (TPSA) is 118 Å². The highest BCUT2D eigenvalue weighted by Crippen LogP contribution is 2.31. The number of amides is 1. The first kappa shape index (κ1) is 23.6. The van der Waals surface area contributed by atoms with Gasteiger partial charge in [-0.1, -0.05) is 11.2 Å². The van der Waals surface area contributed by atoms with Crippen LogP contribution >= 0.6 is 0 Å². The van der Waals surface area contributed by atoms with Crippen molar-refractivity contribution >= 4 is 11.6 Å². The van der Waals surface area contributed by atoms with Crippen molar-refractivity contribution in [2.75, 3.05) is 26.6 Å². The molecule has 2 aromatic carbocycles. The Bertz CT molecular complexity index is 1430. The molecule has 0 aliphatic rings. The second-order valence-electron chi connectivity index (χ2n) is 7.60. The lowest BCUT2D eigenvalue weighted by atomic mass is 10.2. The van der Waals surface area contributed by atoms with Crippen LogP contribution in [0.3, 0.4) is 0 Å². The molecule has 35 heavy (non-hydrogen) atoms. The highest BCUT2D eigenvalue weighted by atomic mass is 16.5. The Morgan fingerprint density at radius 2 is 1.74 bits per heavy atom. The molecule has 0 radical (unpaired) electrons. The Hall–Kier alpha value is -4.60. The molecule has 180 valence electrons. The number of aromatic nitrogens is 3. The normalized spacial score (nSPS) is 10.6. The van der Waals surface area contributed by atoms with Crippen LogP contribution in [0.5, 0.6) is 17.2 Å². The minimum Gasteiger partial charge on any atom is -0.495 e. The number of aryl methyl sites for hydroxylation is 1. The minimum absolute atomic E-state index is 0.0369. The van der Waals surface area contributed by atoms with E-state index >= 15 is 0 Å². The molecule has 10 nitrogen and oxygen atoms in total. The molecule has 0 fully saturated rings. The Morgan fingerprint density at radius 1 is 1.00 bits per heavy atom. The van der Waals surface area contributed by atoms with Gasteiger partial charge in [-0.05, 0) is 55.0 Å². The van der Waals surface area contributed by atoms with Crippen molar-refractivity contribution in [2.24, 2.45) is 0 Å². The van der Waals surface area contributed by atoms with Gasteiger partial charge >= 0.3 is 0 Å². The summed E-state index contributed by atoms with van der Waals surface area (Å²) in [6.07, 6.45) is 1.52. The lowest BCUT2D eigenvalue weighted by molar-refractivity contribution is -0.116. The first-order valence-electron chi connectivity index (χ1n) is 10.6. The minimum atomic E-state index is -0.443. The summed E-state index contributed by atoms with van der Waals surface area (Å²) in [5.74, 6) is 1.53. The molecule has 4 aromatic rings. The predicted octanol–water partition coefficient (Wildman–Crippen LogP) is 3.54. The van der Waals surface area contributed by atoms with Crippen molar-refractivity contribution in [2.45, 2.75) is 13.5 Å². The maximum atomic E-state index is 13.1. The van der Waals surface area contributed by atoms with E-state index in [9.17, 15) is 9.59 Å². The van der Waals surface area contributed by atoms with Gasteiger partial charge in [0.2, 0.25) is 11.7 Å². The number of carbonyl (C=O) groups excluding carboxylic acids is 1. The van der Waals surface area contributed by atoms with Crippen LogP contribution in [0.1, 0.15) is 5.56 Å². The molecule has 0 spiro atoms. The third-order valence-corrected chi connectivity index (χ3v) is 5.26. The van der Waals surface area contributed by atoms with E-state index in [1.165, 1.54) is 25.0 Å². The largest absolute Gasteiger partial charge is 0.495 e. The number of anilines is 1. The maximum absolute atomic E-state index is 13.1. The zero-order chi connectivity index (χ0) is 24.9. The predicted molar refractivity (Wildman–Crippen MR) is 129 cm³/mol. The fourth-order valence-corrected chi connectivity index (χ4v) is 3.51. The number of rotatable bonds is 8. The monoisotopic (exact) mass is 476 g/mol. The Balaban J connectivity index is 1.57. The molecule has 4 rings (SSSR count). The first-order valence-corrected chi connectivity index (χ1v) is 10.6. The number of pyridine rings is 1. The van der Waals surface area contributed by atoms with E-state index in [1.807, 2.05) is 13.0 Å². The van der Waals surface area contributed by atoms with Crippen molar-refractivity contribution in [1.29, 1.82) is 0 Å². The molecular formula is C25H24N4O6. The highest BCUT2D eigenvalue weighted by Gasteiger charge is 2.17. The van der Waals surface area contributed by atoms with Crippen molar-refractivity contribution in [3.8, 4) is 40.1 Å². The third kappa shape index (κ3) is 5.01. The number of nitrogens with zero attached hydrogens (tertiary/aromatic N) is 3. The molecule has 0 aliphatic heterocycles. The average Bonchev–Trinajstić information content (AvgIpc) is 3.35. The number of benzene rings is 2. The SMILES string of the molecule is COc1ccc(C)cc1NC(=O)Cn1cccc(-c2nc(-c3ccc(OC)c(OC)c3)no2)c1=O. The van der Waals surface area contributed by atoms with Crippen LogP contribution in [0.2, 0.25) is 0 Å². The Kier molecular flexibility index (Phi) is 6.81. The number of methoxy groups -OCH3 is 3. The Labute approximate surface area is 201 Å². The number of nitrogens with one attached hydrogen (secondary N) is 1. The molecule has 0 atom stereocenters. The standard InChI is InChI=1S/C25H24N4O6/c1-15-7-9-19(32-2)18(12-15)26-22(30)14-29-11-5-6-17(25(29)31)24-27-23(28-35-24)16-8-10-20(33-3)21(13-16)34-4/h5-13H,14H2,1-4H3,(H,26,30). The quantitative estimate of drug-likeness (QED) is 0.410. The molecule has 1 N–H and O–H groups in total. The maximum Gasteiger partial charge on any atom is 0.263 e. The fraction of sp³-hybridized carbons (Fsp3) is 0.200. The zero-order valence-corrected chi connectivity index (χ0v) is 19.7. The summed E-state index contributed by atoms with van der Waals surface area (Å²) in [7, 11) is 4.60. The lowest BCUT2D eigenvalue weighted by Crippen LogP contribution is -2.28. The lowest BCUT2D eigenvalue weighted by Gasteiger charge is -2.12. The molecule has 0 bridgehead atoms. The third-order valence-electron chi connectivity index (χ3n) is 5.26. The van der Waals surface area contributed by atoms with Gasteiger partial charge in [0.15, 0.2) is 11.5 Å². The molecule has 0 unspecified atom stereocenters. The van der Waals surface area contributed by atoms with Crippen molar-refractivity contribution < 1.29 is 23.5 Å². The van der Waals surface area contributed by atoms with Gasteiger partial charge in [-0.25, -0.2) is 0 Å². The smallest absolute Gasteiger partial charge is 0.263 e. The molecular weight excluding hydrogens is 452 g/mol.